The molecule has 32 heavy (non-hydrogen) atoms. The van der Waals surface area contributed by atoms with Crippen molar-refractivity contribution in [3.8, 4) is 0 Å². The number of carbonyl (C=O) groups excluding carboxylic acids is 2. The molecule has 0 bridgehead atoms. The van der Waals surface area contributed by atoms with Gasteiger partial charge in [-0.25, -0.2) is 4.39 Å². The average molecular weight is 484 g/mol. The van der Waals surface area contributed by atoms with E-state index in [4.69, 9.17) is 16.3 Å². The van der Waals surface area contributed by atoms with E-state index < -0.39 is 24.4 Å². The number of alkyl halides is 4. The zero-order chi connectivity index (χ0) is 23.1. The highest BCUT2D eigenvalue weighted by atomic mass is 35.5. The van der Waals surface area contributed by atoms with E-state index in [2.05, 4.69) is 20.7 Å². The molecular formula is C21H33ClF3N3O4. The summed E-state index contributed by atoms with van der Waals surface area (Å²) in [5.41, 5.74) is 0. The second kappa shape index (κ2) is 12.4. The molecule has 3 aliphatic rings. The normalized spacial score (nSPS) is 36.0. The summed E-state index contributed by atoms with van der Waals surface area (Å²) in [4.78, 5) is 24.7. The largest absolute Gasteiger partial charge is 0.368 e. The molecule has 1 heterocycles. The Bertz CT molecular complexity index is 617. The van der Waals surface area contributed by atoms with E-state index in [1.807, 2.05) is 0 Å². The Morgan fingerprint density at radius 1 is 1.00 bits per heavy atom. The van der Waals surface area contributed by atoms with Crippen LogP contribution in [0.25, 0.3) is 0 Å². The number of halogens is 4. The van der Waals surface area contributed by atoms with E-state index >= 15 is 0 Å². The van der Waals surface area contributed by atoms with Gasteiger partial charge in [0, 0.05) is 31.0 Å². The molecule has 1 saturated heterocycles. The number of carbonyl (C=O) groups is 2. The molecule has 2 aliphatic carbocycles. The lowest BCUT2D eigenvalue weighted by molar-refractivity contribution is -0.177. The standard InChI is InChI=1S/C21H33ClF3N3O4/c22-16-7-6-15(9-17(16)23)31-11-18(29)27-13-3-1-12(2-4-13)20(30)28-14-5-8-19(26-10-14)32-21(24)25/h12-17,19,21,26H,1-11H2,(H,27,29)(H,28,30). The minimum Gasteiger partial charge on any atom is -0.368 e. The topological polar surface area (TPSA) is 88.7 Å². The minimum atomic E-state index is -2.81. The third-order valence-electron chi connectivity index (χ3n) is 6.54. The molecule has 0 spiro atoms. The van der Waals surface area contributed by atoms with Gasteiger partial charge in [-0.3, -0.25) is 14.9 Å². The number of nitrogens with one attached hydrogen (secondary N) is 3. The first-order valence-electron chi connectivity index (χ1n) is 11.5. The summed E-state index contributed by atoms with van der Waals surface area (Å²) in [6.45, 7) is -2.52. The number of piperidine rings is 1. The lowest BCUT2D eigenvalue weighted by atomic mass is 9.85. The molecule has 184 valence electrons. The Morgan fingerprint density at radius 3 is 2.34 bits per heavy atom. The fourth-order valence-corrected chi connectivity index (χ4v) is 4.90. The molecule has 2 saturated carbocycles. The quantitative estimate of drug-likeness (QED) is 0.462. The molecule has 7 nitrogen and oxygen atoms in total. The molecule has 3 fully saturated rings. The van der Waals surface area contributed by atoms with Gasteiger partial charge >= 0.3 is 6.61 Å². The molecule has 5 atom stereocenters. The summed E-state index contributed by atoms with van der Waals surface area (Å²) in [5.74, 6) is -0.384. The lowest BCUT2D eigenvalue weighted by Crippen LogP contribution is -2.52. The van der Waals surface area contributed by atoms with E-state index in [-0.39, 0.29) is 48.9 Å². The third-order valence-corrected chi connectivity index (χ3v) is 7.03. The minimum absolute atomic E-state index is 0.00810. The van der Waals surface area contributed by atoms with Crippen LogP contribution in [-0.4, -0.2) is 67.5 Å². The monoisotopic (exact) mass is 483 g/mol. The van der Waals surface area contributed by atoms with Crippen molar-refractivity contribution in [2.45, 2.75) is 100 Å². The van der Waals surface area contributed by atoms with Crippen molar-refractivity contribution < 1.29 is 32.2 Å². The van der Waals surface area contributed by atoms with Crippen LogP contribution in [0.5, 0.6) is 0 Å². The Kier molecular flexibility index (Phi) is 9.88. The molecule has 2 amide bonds. The van der Waals surface area contributed by atoms with Gasteiger partial charge in [0.1, 0.15) is 19.0 Å². The fourth-order valence-electron chi connectivity index (χ4n) is 4.67. The number of ether oxygens (including phenoxy) is 2. The van der Waals surface area contributed by atoms with Crippen LogP contribution in [0.1, 0.15) is 57.8 Å². The number of amides is 2. The molecule has 0 radical (unpaired) electrons. The Labute approximate surface area is 191 Å². The Balaban J connectivity index is 1.28. The smallest absolute Gasteiger partial charge is 0.346 e. The van der Waals surface area contributed by atoms with Gasteiger partial charge in [-0.05, 0) is 51.4 Å². The summed E-state index contributed by atoms with van der Waals surface area (Å²) < 4.78 is 48.1. The van der Waals surface area contributed by atoms with Crippen LogP contribution in [0.3, 0.4) is 0 Å². The maximum Gasteiger partial charge on any atom is 0.346 e. The van der Waals surface area contributed by atoms with Crippen LogP contribution in [0, 0.1) is 5.92 Å². The van der Waals surface area contributed by atoms with Crippen LogP contribution < -0.4 is 16.0 Å². The Hall–Kier alpha value is -1.10. The second-order valence-electron chi connectivity index (χ2n) is 8.97. The van der Waals surface area contributed by atoms with Gasteiger partial charge < -0.3 is 20.1 Å². The van der Waals surface area contributed by atoms with Crippen molar-refractivity contribution in [1.82, 2.24) is 16.0 Å². The molecule has 0 aromatic heterocycles. The van der Waals surface area contributed by atoms with Crippen molar-refractivity contribution in [2.24, 2.45) is 5.92 Å². The fraction of sp³-hybridized carbons (Fsp3) is 0.905. The van der Waals surface area contributed by atoms with Crippen LogP contribution in [0.4, 0.5) is 13.2 Å². The van der Waals surface area contributed by atoms with E-state index in [0.717, 1.165) is 0 Å². The first kappa shape index (κ1) is 25.5. The highest BCUT2D eigenvalue weighted by Gasteiger charge is 2.32. The van der Waals surface area contributed by atoms with Crippen LogP contribution in [0.15, 0.2) is 0 Å². The summed E-state index contributed by atoms with van der Waals surface area (Å²) in [5, 5.41) is 8.33. The van der Waals surface area contributed by atoms with Gasteiger partial charge in [0.2, 0.25) is 11.8 Å². The van der Waals surface area contributed by atoms with Crippen molar-refractivity contribution >= 4 is 23.4 Å². The maximum atomic E-state index is 13.7. The second-order valence-corrected chi connectivity index (χ2v) is 9.53. The number of hydrogen-bond donors (Lipinski definition) is 3. The molecule has 5 unspecified atom stereocenters. The van der Waals surface area contributed by atoms with Gasteiger partial charge in [0.25, 0.3) is 0 Å². The van der Waals surface area contributed by atoms with E-state index in [9.17, 15) is 22.8 Å². The van der Waals surface area contributed by atoms with Gasteiger partial charge in [0.15, 0.2) is 0 Å². The average Bonchev–Trinajstić information content (AvgIpc) is 2.76. The predicted molar refractivity (Wildman–Crippen MR) is 112 cm³/mol. The molecule has 0 aromatic rings. The first-order valence-corrected chi connectivity index (χ1v) is 11.9. The van der Waals surface area contributed by atoms with Gasteiger partial charge in [-0.15, -0.1) is 11.6 Å². The van der Waals surface area contributed by atoms with Crippen molar-refractivity contribution in [3.05, 3.63) is 0 Å². The third kappa shape index (κ3) is 8.04. The first-order chi connectivity index (χ1) is 15.3. The van der Waals surface area contributed by atoms with Crippen molar-refractivity contribution in [1.29, 1.82) is 0 Å². The lowest BCUT2D eigenvalue weighted by Gasteiger charge is -2.33. The van der Waals surface area contributed by atoms with Crippen molar-refractivity contribution in [3.63, 3.8) is 0 Å². The Morgan fingerprint density at radius 2 is 1.72 bits per heavy atom. The van der Waals surface area contributed by atoms with Gasteiger partial charge in [-0.1, -0.05) is 0 Å². The van der Waals surface area contributed by atoms with E-state index in [1.165, 1.54) is 0 Å². The van der Waals surface area contributed by atoms with Crippen LogP contribution in [0.2, 0.25) is 0 Å². The maximum absolute atomic E-state index is 13.7. The molecular weight excluding hydrogens is 451 g/mol. The van der Waals surface area contributed by atoms with Crippen molar-refractivity contribution in [2.75, 3.05) is 13.2 Å². The highest BCUT2D eigenvalue weighted by Crippen LogP contribution is 2.28. The molecule has 3 rings (SSSR count). The summed E-state index contributed by atoms with van der Waals surface area (Å²) in [6, 6.07) is -0.112. The predicted octanol–water partition coefficient (Wildman–Crippen LogP) is 2.61. The number of rotatable bonds is 8. The van der Waals surface area contributed by atoms with E-state index in [0.29, 0.717) is 57.9 Å². The van der Waals surface area contributed by atoms with E-state index in [1.54, 1.807) is 0 Å². The van der Waals surface area contributed by atoms with Gasteiger partial charge in [-0.2, -0.15) is 8.78 Å². The molecule has 0 aromatic carbocycles. The molecule has 1 aliphatic heterocycles. The van der Waals surface area contributed by atoms with Gasteiger partial charge in [0.05, 0.1) is 11.5 Å². The zero-order valence-electron chi connectivity index (χ0n) is 18.0. The van der Waals surface area contributed by atoms with Crippen LogP contribution in [-0.2, 0) is 19.1 Å². The summed E-state index contributed by atoms with van der Waals surface area (Å²) in [7, 11) is 0. The van der Waals surface area contributed by atoms with Crippen LogP contribution >= 0.6 is 11.6 Å². The molecule has 11 heteroatoms. The molecule has 3 N–H and O–H groups in total. The highest BCUT2D eigenvalue weighted by molar-refractivity contribution is 6.21. The summed E-state index contributed by atoms with van der Waals surface area (Å²) in [6.07, 6.45) is 3.07. The number of hydrogen-bond acceptors (Lipinski definition) is 5. The summed E-state index contributed by atoms with van der Waals surface area (Å²) >= 11 is 5.86. The zero-order valence-corrected chi connectivity index (χ0v) is 18.8. The SMILES string of the molecule is O=C(COC1CCC(Cl)C(F)C1)NC1CCC(C(=O)NC2CCC(OC(F)F)NC2)CC1.